The van der Waals surface area contributed by atoms with Gasteiger partial charge in [0.1, 0.15) is 0 Å². The van der Waals surface area contributed by atoms with E-state index in [1.807, 2.05) is 0 Å². The Morgan fingerprint density at radius 3 is 2.38 bits per heavy atom. The van der Waals surface area contributed by atoms with Gasteiger partial charge in [-0.1, -0.05) is 58.3 Å². The first-order chi connectivity index (χ1) is 10.3. The molecule has 0 bridgehead atoms. The summed E-state index contributed by atoms with van der Waals surface area (Å²) in [6, 6.07) is 0.283. The predicted octanol–water partition coefficient (Wildman–Crippen LogP) is 3.01. The SMILES string of the molecule is CCCCCCCCCCCC(=O)NCC1COCCN1. The van der Waals surface area contributed by atoms with Gasteiger partial charge < -0.3 is 15.4 Å². The number of rotatable bonds is 12. The summed E-state index contributed by atoms with van der Waals surface area (Å²) in [6.45, 7) is 5.32. The highest BCUT2D eigenvalue weighted by molar-refractivity contribution is 5.75. The lowest BCUT2D eigenvalue weighted by Crippen LogP contribution is -2.48. The summed E-state index contributed by atoms with van der Waals surface area (Å²) in [5, 5.41) is 6.34. The first-order valence-corrected chi connectivity index (χ1v) is 8.90. The zero-order valence-corrected chi connectivity index (χ0v) is 13.8. The maximum Gasteiger partial charge on any atom is 0.220 e. The summed E-state index contributed by atoms with van der Waals surface area (Å²) >= 11 is 0. The Kier molecular flexibility index (Phi) is 11.5. The molecule has 1 aliphatic rings. The lowest BCUT2D eigenvalue weighted by atomic mass is 10.1. The van der Waals surface area contributed by atoms with Crippen LogP contribution in [0.25, 0.3) is 0 Å². The van der Waals surface area contributed by atoms with Crippen molar-refractivity contribution in [2.24, 2.45) is 0 Å². The molecule has 2 N–H and O–H groups in total. The maximum atomic E-state index is 11.7. The second-order valence-corrected chi connectivity index (χ2v) is 6.11. The van der Waals surface area contributed by atoms with Crippen molar-refractivity contribution in [3.05, 3.63) is 0 Å². The number of nitrogens with one attached hydrogen (secondary N) is 2. The van der Waals surface area contributed by atoms with Crippen molar-refractivity contribution < 1.29 is 9.53 Å². The summed E-state index contributed by atoms with van der Waals surface area (Å²) in [4.78, 5) is 11.7. The summed E-state index contributed by atoms with van der Waals surface area (Å²) in [6.07, 6.45) is 12.3. The van der Waals surface area contributed by atoms with Gasteiger partial charge in [-0.05, 0) is 6.42 Å². The molecule has 1 rings (SSSR count). The molecule has 0 aliphatic carbocycles. The molecule has 0 aromatic carbocycles. The average molecular weight is 298 g/mol. The van der Waals surface area contributed by atoms with E-state index >= 15 is 0 Å². The van der Waals surface area contributed by atoms with E-state index in [1.165, 1.54) is 51.4 Å². The molecule has 1 aliphatic heterocycles. The Balaban J connectivity index is 1.82. The van der Waals surface area contributed by atoms with Crippen LogP contribution in [0.2, 0.25) is 0 Å². The highest BCUT2D eigenvalue weighted by atomic mass is 16.5. The lowest BCUT2D eigenvalue weighted by molar-refractivity contribution is -0.121. The number of hydrogen-bond acceptors (Lipinski definition) is 3. The number of carbonyl (C=O) groups is 1. The van der Waals surface area contributed by atoms with Crippen molar-refractivity contribution in [1.82, 2.24) is 10.6 Å². The summed E-state index contributed by atoms with van der Waals surface area (Å²) < 4.78 is 5.36. The van der Waals surface area contributed by atoms with E-state index < -0.39 is 0 Å². The van der Waals surface area contributed by atoms with Crippen molar-refractivity contribution in [3.63, 3.8) is 0 Å². The maximum absolute atomic E-state index is 11.7. The molecule has 0 radical (unpaired) electrons. The number of ether oxygens (including phenoxy) is 1. The van der Waals surface area contributed by atoms with Gasteiger partial charge in [-0.15, -0.1) is 0 Å². The molecule has 21 heavy (non-hydrogen) atoms. The van der Waals surface area contributed by atoms with E-state index in [4.69, 9.17) is 4.74 Å². The molecule has 1 saturated heterocycles. The van der Waals surface area contributed by atoms with Crippen LogP contribution in [0.3, 0.4) is 0 Å². The topological polar surface area (TPSA) is 50.4 Å². The monoisotopic (exact) mass is 298 g/mol. The molecular formula is C17H34N2O2. The average Bonchev–Trinajstić information content (AvgIpc) is 2.52. The molecule has 0 aromatic heterocycles. The molecule has 0 saturated carbocycles. The minimum absolute atomic E-state index is 0.185. The second kappa shape index (κ2) is 13.1. The Morgan fingerprint density at radius 2 is 1.76 bits per heavy atom. The van der Waals surface area contributed by atoms with E-state index in [0.29, 0.717) is 19.6 Å². The van der Waals surface area contributed by atoms with Gasteiger partial charge in [0.2, 0.25) is 5.91 Å². The normalized spacial score (nSPS) is 18.6. The highest BCUT2D eigenvalue weighted by Crippen LogP contribution is 2.10. The molecule has 1 unspecified atom stereocenters. The Labute approximate surface area is 130 Å². The molecule has 0 spiro atoms. The van der Waals surface area contributed by atoms with Crippen molar-refractivity contribution >= 4 is 5.91 Å². The first-order valence-electron chi connectivity index (χ1n) is 8.90. The molecule has 1 amide bonds. The Morgan fingerprint density at radius 1 is 1.10 bits per heavy atom. The second-order valence-electron chi connectivity index (χ2n) is 6.11. The summed E-state index contributed by atoms with van der Waals surface area (Å²) in [5.41, 5.74) is 0. The van der Waals surface area contributed by atoms with E-state index in [2.05, 4.69) is 17.6 Å². The predicted molar refractivity (Wildman–Crippen MR) is 87.5 cm³/mol. The largest absolute Gasteiger partial charge is 0.378 e. The van der Waals surface area contributed by atoms with Gasteiger partial charge >= 0.3 is 0 Å². The highest BCUT2D eigenvalue weighted by Gasteiger charge is 2.13. The summed E-state index contributed by atoms with van der Waals surface area (Å²) in [7, 11) is 0. The quantitative estimate of drug-likeness (QED) is 0.545. The zero-order chi connectivity index (χ0) is 15.2. The van der Waals surface area contributed by atoms with Gasteiger partial charge in [0.25, 0.3) is 0 Å². The smallest absolute Gasteiger partial charge is 0.220 e. The number of amides is 1. The van der Waals surface area contributed by atoms with Crippen LogP contribution >= 0.6 is 0 Å². The van der Waals surface area contributed by atoms with Gasteiger partial charge in [-0.2, -0.15) is 0 Å². The minimum atomic E-state index is 0.185. The zero-order valence-electron chi connectivity index (χ0n) is 13.8. The van der Waals surface area contributed by atoms with Crippen LogP contribution in [0.1, 0.15) is 71.1 Å². The van der Waals surface area contributed by atoms with Crippen LogP contribution in [0, 0.1) is 0 Å². The molecular weight excluding hydrogens is 264 g/mol. The lowest BCUT2D eigenvalue weighted by Gasteiger charge is -2.23. The van der Waals surface area contributed by atoms with E-state index in [9.17, 15) is 4.79 Å². The third kappa shape index (κ3) is 10.7. The number of morpholine rings is 1. The van der Waals surface area contributed by atoms with E-state index in [1.54, 1.807) is 0 Å². The van der Waals surface area contributed by atoms with Gasteiger partial charge in [-0.25, -0.2) is 0 Å². The fourth-order valence-electron chi connectivity index (χ4n) is 2.67. The van der Waals surface area contributed by atoms with Gasteiger partial charge in [-0.3, -0.25) is 4.79 Å². The number of hydrogen-bond donors (Lipinski definition) is 2. The van der Waals surface area contributed by atoms with Crippen LogP contribution in [0.4, 0.5) is 0 Å². The van der Waals surface area contributed by atoms with E-state index in [-0.39, 0.29) is 11.9 Å². The standard InChI is InChI=1S/C17H34N2O2/c1-2-3-4-5-6-7-8-9-10-11-17(20)19-14-16-15-21-13-12-18-16/h16,18H,2-15H2,1H3,(H,19,20). The molecule has 124 valence electrons. The van der Waals surface area contributed by atoms with Crippen LogP contribution in [0.5, 0.6) is 0 Å². The third-order valence-electron chi connectivity index (χ3n) is 4.05. The van der Waals surface area contributed by atoms with Crippen LogP contribution in [-0.2, 0) is 9.53 Å². The number of unbranched alkanes of at least 4 members (excludes halogenated alkanes) is 8. The van der Waals surface area contributed by atoms with Gasteiger partial charge in [0.05, 0.1) is 13.2 Å². The van der Waals surface area contributed by atoms with E-state index in [0.717, 1.165) is 19.6 Å². The molecule has 1 atom stereocenters. The first kappa shape index (κ1) is 18.4. The molecule has 4 heteroatoms. The van der Waals surface area contributed by atoms with Crippen LogP contribution in [0.15, 0.2) is 0 Å². The third-order valence-corrected chi connectivity index (χ3v) is 4.05. The fraction of sp³-hybridized carbons (Fsp3) is 0.941. The van der Waals surface area contributed by atoms with Gasteiger partial charge in [0.15, 0.2) is 0 Å². The van der Waals surface area contributed by atoms with Crippen LogP contribution < -0.4 is 10.6 Å². The summed E-state index contributed by atoms with van der Waals surface area (Å²) in [5.74, 6) is 0.185. The van der Waals surface area contributed by atoms with Crippen molar-refractivity contribution in [2.45, 2.75) is 77.2 Å². The van der Waals surface area contributed by atoms with Crippen molar-refractivity contribution in [2.75, 3.05) is 26.3 Å². The molecule has 4 nitrogen and oxygen atoms in total. The van der Waals surface area contributed by atoms with Crippen molar-refractivity contribution in [1.29, 1.82) is 0 Å². The van der Waals surface area contributed by atoms with Gasteiger partial charge in [0, 0.05) is 25.6 Å². The number of carbonyl (C=O) groups excluding carboxylic acids is 1. The molecule has 0 aromatic rings. The van der Waals surface area contributed by atoms with Crippen molar-refractivity contribution in [3.8, 4) is 0 Å². The fourth-order valence-corrected chi connectivity index (χ4v) is 2.67. The molecule has 1 fully saturated rings. The minimum Gasteiger partial charge on any atom is -0.378 e. The Bertz CT molecular complexity index is 253. The molecule has 1 heterocycles. The van der Waals surface area contributed by atoms with Crippen LogP contribution in [-0.4, -0.2) is 38.3 Å². The Hall–Kier alpha value is -0.610.